The van der Waals surface area contributed by atoms with Crippen LogP contribution in [0.25, 0.3) is 11.4 Å². The molecule has 2 aromatic rings. The van der Waals surface area contributed by atoms with Crippen molar-refractivity contribution in [3.63, 3.8) is 0 Å². The van der Waals surface area contributed by atoms with Crippen LogP contribution in [0.2, 0.25) is 18.1 Å². The molecule has 0 aliphatic heterocycles. The molecule has 0 unspecified atom stereocenters. The Kier molecular flexibility index (Phi) is 7.85. The molecule has 2 rings (SSSR count). The molecule has 0 N–H and O–H groups in total. The number of alkyl halides is 3. The number of nitrogens with zero attached hydrogens (tertiary/aromatic N) is 2. The minimum atomic E-state index is -4.43. The van der Waals surface area contributed by atoms with Crippen LogP contribution in [0.3, 0.4) is 0 Å². The highest BCUT2D eigenvalue weighted by Crippen LogP contribution is 2.38. The summed E-state index contributed by atoms with van der Waals surface area (Å²) in [5.41, 5.74) is 0.846. The van der Waals surface area contributed by atoms with E-state index in [-0.39, 0.29) is 22.8 Å². The lowest BCUT2D eigenvalue weighted by Crippen LogP contribution is -2.40. The van der Waals surface area contributed by atoms with Gasteiger partial charge >= 0.3 is 6.18 Å². The molecule has 0 amide bonds. The van der Waals surface area contributed by atoms with Gasteiger partial charge in [0.25, 0.3) is 0 Å². The van der Waals surface area contributed by atoms with Crippen molar-refractivity contribution in [2.75, 3.05) is 6.61 Å². The zero-order valence-electron chi connectivity index (χ0n) is 18.8. The molecule has 0 aliphatic carbocycles. The summed E-state index contributed by atoms with van der Waals surface area (Å²) in [7, 11) is -1.85. The topological polar surface area (TPSA) is 35.0 Å². The Labute approximate surface area is 179 Å². The average Bonchev–Trinajstić information content (AvgIpc) is 2.66. The van der Waals surface area contributed by atoms with Gasteiger partial charge in [-0.3, -0.25) is 0 Å². The second-order valence-electron chi connectivity index (χ2n) is 9.08. The van der Waals surface area contributed by atoms with E-state index in [1.54, 1.807) is 12.4 Å². The highest BCUT2D eigenvalue weighted by Gasteiger charge is 2.37. The van der Waals surface area contributed by atoms with Gasteiger partial charge in [-0.15, -0.1) is 0 Å². The molecular weight excluding hydrogens is 405 g/mol. The van der Waals surface area contributed by atoms with Gasteiger partial charge in [-0.1, -0.05) is 33.8 Å². The minimum Gasteiger partial charge on any atom is -0.417 e. The Morgan fingerprint density at radius 2 is 1.70 bits per heavy atom. The largest absolute Gasteiger partial charge is 0.417 e. The second-order valence-corrected chi connectivity index (χ2v) is 13.9. The first-order chi connectivity index (χ1) is 13.9. The van der Waals surface area contributed by atoms with Gasteiger partial charge in [0.05, 0.1) is 5.56 Å². The third kappa shape index (κ3) is 6.14. The van der Waals surface area contributed by atoms with Gasteiger partial charge in [0.15, 0.2) is 14.1 Å². The quantitative estimate of drug-likeness (QED) is 0.334. The van der Waals surface area contributed by atoms with Crippen molar-refractivity contribution in [3.8, 4) is 11.4 Å². The maximum Gasteiger partial charge on any atom is 0.416 e. The number of hydrogen-bond acceptors (Lipinski definition) is 3. The zero-order chi connectivity index (χ0) is 22.6. The van der Waals surface area contributed by atoms with Crippen molar-refractivity contribution in [2.24, 2.45) is 0 Å². The van der Waals surface area contributed by atoms with Crippen molar-refractivity contribution >= 4 is 8.32 Å². The van der Waals surface area contributed by atoms with E-state index < -0.39 is 20.1 Å². The van der Waals surface area contributed by atoms with Crippen LogP contribution >= 0.6 is 0 Å². The Balaban J connectivity index is 2.18. The third-order valence-electron chi connectivity index (χ3n) is 5.84. The highest BCUT2D eigenvalue weighted by molar-refractivity contribution is 6.74. The molecule has 0 saturated carbocycles. The Hall–Kier alpha value is -1.73. The molecule has 3 nitrogen and oxygen atoms in total. The number of aryl methyl sites for hydroxylation is 1. The van der Waals surface area contributed by atoms with E-state index >= 15 is 0 Å². The fourth-order valence-electron chi connectivity index (χ4n) is 2.87. The molecule has 1 radical (unpaired) electrons. The third-order valence-corrected chi connectivity index (χ3v) is 10.4. The number of unbranched alkanes of at least 4 members (excludes halogenated alkanes) is 1. The van der Waals surface area contributed by atoms with Gasteiger partial charge in [0.2, 0.25) is 0 Å². The predicted molar refractivity (Wildman–Crippen MR) is 117 cm³/mol. The van der Waals surface area contributed by atoms with Crippen LogP contribution in [0.15, 0.2) is 24.5 Å². The van der Waals surface area contributed by atoms with Crippen molar-refractivity contribution in [2.45, 2.75) is 77.7 Å². The number of rotatable bonds is 8. The molecule has 1 aromatic carbocycles. The van der Waals surface area contributed by atoms with Crippen molar-refractivity contribution in [1.82, 2.24) is 9.97 Å². The van der Waals surface area contributed by atoms with Gasteiger partial charge in [-0.05, 0) is 67.1 Å². The summed E-state index contributed by atoms with van der Waals surface area (Å²) in [6, 6.07) is 5.33. The van der Waals surface area contributed by atoms with Crippen LogP contribution < -0.4 is 0 Å². The van der Waals surface area contributed by atoms with Crippen LogP contribution in [-0.2, 0) is 23.4 Å². The van der Waals surface area contributed by atoms with E-state index in [1.807, 2.05) is 6.92 Å². The summed E-state index contributed by atoms with van der Waals surface area (Å²) < 4.78 is 47.1. The number of aromatic nitrogens is 2. The first-order valence-corrected chi connectivity index (χ1v) is 13.3. The number of halogens is 3. The molecular formula is C23H32F3N2OSi. The van der Waals surface area contributed by atoms with Crippen LogP contribution in [0.1, 0.15) is 57.2 Å². The smallest absolute Gasteiger partial charge is 0.416 e. The molecule has 7 heteroatoms. The molecule has 30 heavy (non-hydrogen) atoms. The zero-order valence-corrected chi connectivity index (χ0v) is 19.8. The van der Waals surface area contributed by atoms with Crippen LogP contribution in [0, 0.1) is 6.07 Å². The molecule has 1 aromatic heterocycles. The standard InChI is InChI=1S/C23H32F3N2OSi/c1-7-17-15-27-21(28-16-17)19-12-10-13-20(23(24,25)26)18(19)11-8-9-14-29-30(5,6)22(2,3)4/h10,13,15-16H,7-9,11,14H2,1-6H3. The van der Waals surface area contributed by atoms with E-state index in [0.717, 1.165) is 18.1 Å². The summed E-state index contributed by atoms with van der Waals surface area (Å²) in [6.07, 6.45) is 1.24. The highest BCUT2D eigenvalue weighted by atomic mass is 28.4. The molecule has 0 bridgehead atoms. The fraction of sp³-hybridized carbons (Fsp3) is 0.565. The van der Waals surface area contributed by atoms with Gasteiger partial charge in [0.1, 0.15) is 0 Å². The summed E-state index contributed by atoms with van der Waals surface area (Å²) >= 11 is 0. The summed E-state index contributed by atoms with van der Waals surface area (Å²) in [6.45, 7) is 13.4. The van der Waals surface area contributed by atoms with Crippen LogP contribution in [0.4, 0.5) is 13.2 Å². The molecule has 0 saturated heterocycles. The lowest BCUT2D eigenvalue weighted by atomic mass is 9.95. The van der Waals surface area contributed by atoms with Crippen molar-refractivity contribution < 1.29 is 17.6 Å². The lowest BCUT2D eigenvalue weighted by Gasteiger charge is -2.36. The predicted octanol–water partition coefficient (Wildman–Crippen LogP) is 6.87. The first kappa shape index (κ1) is 24.5. The number of hydrogen-bond donors (Lipinski definition) is 0. The molecule has 0 aliphatic rings. The summed E-state index contributed by atoms with van der Waals surface area (Å²) in [5.74, 6) is 0.283. The van der Waals surface area contributed by atoms with E-state index in [9.17, 15) is 13.2 Å². The second kappa shape index (κ2) is 9.60. The Bertz CT molecular complexity index is 828. The van der Waals surface area contributed by atoms with Gasteiger partial charge in [0, 0.05) is 24.6 Å². The SMILES string of the molecule is CCc1cnc(-c2[c]ccc(C(F)(F)F)c2CCCCO[Si](C)(C)C(C)(C)C)nc1. The molecule has 0 atom stereocenters. The summed E-state index contributed by atoms with van der Waals surface area (Å²) in [4.78, 5) is 8.56. The molecule has 0 fully saturated rings. The van der Waals surface area contributed by atoms with Crippen molar-refractivity contribution in [3.05, 3.63) is 47.3 Å². The van der Waals surface area contributed by atoms with Crippen LogP contribution in [0.5, 0.6) is 0 Å². The molecule has 0 spiro atoms. The average molecular weight is 438 g/mol. The van der Waals surface area contributed by atoms with E-state index in [0.29, 0.717) is 25.0 Å². The normalized spacial score (nSPS) is 13.0. The van der Waals surface area contributed by atoms with E-state index in [2.05, 4.69) is 49.9 Å². The molecule has 165 valence electrons. The maximum atomic E-state index is 13.7. The van der Waals surface area contributed by atoms with Crippen LogP contribution in [-0.4, -0.2) is 24.9 Å². The number of benzene rings is 1. The lowest BCUT2D eigenvalue weighted by molar-refractivity contribution is -0.138. The Morgan fingerprint density at radius 1 is 1.07 bits per heavy atom. The fourth-order valence-corrected chi connectivity index (χ4v) is 3.96. The first-order valence-electron chi connectivity index (χ1n) is 10.4. The Morgan fingerprint density at radius 3 is 2.23 bits per heavy atom. The monoisotopic (exact) mass is 437 g/mol. The van der Waals surface area contributed by atoms with Gasteiger partial charge in [-0.2, -0.15) is 13.2 Å². The van der Waals surface area contributed by atoms with E-state index in [4.69, 9.17) is 4.43 Å². The van der Waals surface area contributed by atoms with Crippen molar-refractivity contribution in [1.29, 1.82) is 0 Å². The van der Waals surface area contributed by atoms with Gasteiger partial charge in [-0.25, -0.2) is 9.97 Å². The van der Waals surface area contributed by atoms with Gasteiger partial charge < -0.3 is 4.43 Å². The molecule has 1 heterocycles. The maximum absolute atomic E-state index is 13.7. The van der Waals surface area contributed by atoms with E-state index in [1.165, 1.54) is 6.07 Å². The summed E-state index contributed by atoms with van der Waals surface area (Å²) in [5, 5.41) is 0.111. The minimum absolute atomic E-state index is 0.111.